The highest BCUT2D eigenvalue weighted by Crippen LogP contribution is 2.34. The molecular formula is C20H13Cl2N5O2. The lowest BCUT2D eigenvalue weighted by Crippen LogP contribution is -2.09. The average Bonchev–Trinajstić information content (AvgIpc) is 3.33. The first-order chi connectivity index (χ1) is 14.0. The molecule has 3 heterocycles. The number of hydrogen-bond donors (Lipinski definition) is 2. The maximum Gasteiger partial charge on any atom is 0.258 e. The van der Waals surface area contributed by atoms with Crippen LogP contribution in [0.3, 0.4) is 0 Å². The van der Waals surface area contributed by atoms with E-state index in [4.69, 9.17) is 27.6 Å². The number of H-pyrrole nitrogens is 1. The first-order valence-corrected chi connectivity index (χ1v) is 9.41. The van der Waals surface area contributed by atoms with Crippen LogP contribution in [-0.4, -0.2) is 19.5 Å². The van der Waals surface area contributed by atoms with Crippen molar-refractivity contribution in [2.45, 2.75) is 0 Å². The van der Waals surface area contributed by atoms with E-state index >= 15 is 0 Å². The number of oxazole rings is 1. The van der Waals surface area contributed by atoms with Crippen molar-refractivity contribution in [3.8, 4) is 11.5 Å². The van der Waals surface area contributed by atoms with Crippen LogP contribution in [0.1, 0.15) is 0 Å². The number of aromatic nitrogens is 4. The fourth-order valence-electron chi connectivity index (χ4n) is 3.38. The molecule has 0 aliphatic heterocycles. The van der Waals surface area contributed by atoms with Crippen molar-refractivity contribution in [1.29, 1.82) is 0 Å². The van der Waals surface area contributed by atoms with Crippen LogP contribution >= 0.6 is 23.2 Å². The van der Waals surface area contributed by atoms with Crippen LogP contribution in [0.4, 0.5) is 11.6 Å². The monoisotopic (exact) mass is 425 g/mol. The Bertz CT molecular complexity index is 1420. The SMILES string of the molecule is Cn1c(Nc2c(Cl)cccc2Cl)nc2ccc3cc(-c4cnco4)[nH]c(=O)c3c21. The number of nitrogens with zero attached hydrogens (tertiary/aromatic N) is 3. The highest BCUT2D eigenvalue weighted by atomic mass is 35.5. The van der Waals surface area contributed by atoms with Crippen molar-refractivity contribution < 1.29 is 4.42 Å². The van der Waals surface area contributed by atoms with Crippen LogP contribution in [-0.2, 0) is 7.05 Å². The van der Waals surface area contributed by atoms with E-state index < -0.39 is 0 Å². The largest absolute Gasteiger partial charge is 0.442 e. The number of imidazole rings is 1. The topological polar surface area (TPSA) is 88.7 Å². The Morgan fingerprint density at radius 2 is 1.97 bits per heavy atom. The number of aryl methyl sites for hydroxylation is 1. The van der Waals surface area contributed by atoms with E-state index in [2.05, 4.69) is 20.3 Å². The summed E-state index contributed by atoms with van der Waals surface area (Å²) in [4.78, 5) is 24.3. The Kier molecular flexibility index (Phi) is 4.08. The lowest BCUT2D eigenvalue weighted by Gasteiger charge is -2.10. The van der Waals surface area contributed by atoms with Crippen molar-refractivity contribution in [3.63, 3.8) is 0 Å². The van der Waals surface area contributed by atoms with Gasteiger partial charge in [-0.05, 0) is 29.7 Å². The van der Waals surface area contributed by atoms with E-state index in [9.17, 15) is 4.79 Å². The van der Waals surface area contributed by atoms with E-state index in [-0.39, 0.29) is 5.56 Å². The first kappa shape index (κ1) is 17.8. The molecule has 29 heavy (non-hydrogen) atoms. The van der Waals surface area contributed by atoms with Gasteiger partial charge in [-0.15, -0.1) is 0 Å². The van der Waals surface area contributed by atoms with E-state index in [1.807, 2.05) is 25.2 Å². The van der Waals surface area contributed by atoms with Crippen molar-refractivity contribution in [2.75, 3.05) is 5.32 Å². The molecule has 0 spiro atoms. The summed E-state index contributed by atoms with van der Waals surface area (Å²) in [5.74, 6) is 1.01. The molecule has 0 atom stereocenters. The third-order valence-corrected chi connectivity index (χ3v) is 5.37. The molecule has 2 N–H and O–H groups in total. The zero-order chi connectivity index (χ0) is 20.1. The van der Waals surface area contributed by atoms with Crippen molar-refractivity contribution >= 4 is 56.6 Å². The number of aromatic amines is 1. The average molecular weight is 426 g/mol. The van der Waals surface area contributed by atoms with E-state index in [1.165, 1.54) is 6.39 Å². The maximum atomic E-state index is 12.9. The summed E-state index contributed by atoms with van der Waals surface area (Å²) in [6, 6.07) is 10.8. The Morgan fingerprint density at radius 3 is 2.69 bits per heavy atom. The molecule has 0 saturated carbocycles. The number of para-hydroxylation sites is 1. The summed E-state index contributed by atoms with van der Waals surface area (Å²) in [6.07, 6.45) is 2.87. The van der Waals surface area contributed by atoms with Crippen LogP contribution in [0.25, 0.3) is 33.3 Å². The quantitative estimate of drug-likeness (QED) is 0.418. The Hall–Kier alpha value is -3.29. The number of rotatable bonds is 3. The minimum Gasteiger partial charge on any atom is -0.442 e. The second kappa shape index (κ2) is 6.65. The van der Waals surface area contributed by atoms with Gasteiger partial charge in [0.15, 0.2) is 12.2 Å². The fourth-order valence-corrected chi connectivity index (χ4v) is 3.87. The molecule has 3 aromatic heterocycles. The number of nitrogens with one attached hydrogen (secondary N) is 2. The van der Waals surface area contributed by atoms with E-state index in [1.54, 1.807) is 29.0 Å². The van der Waals surface area contributed by atoms with Crippen LogP contribution < -0.4 is 10.9 Å². The summed E-state index contributed by atoms with van der Waals surface area (Å²) < 4.78 is 7.10. The van der Waals surface area contributed by atoms with Gasteiger partial charge in [0.2, 0.25) is 5.95 Å². The molecule has 0 fully saturated rings. The zero-order valence-corrected chi connectivity index (χ0v) is 16.5. The molecule has 5 rings (SSSR count). The molecule has 144 valence electrons. The Balaban J connectivity index is 1.71. The fraction of sp³-hybridized carbons (Fsp3) is 0.0500. The molecule has 0 radical (unpaired) electrons. The molecule has 0 amide bonds. The standard InChI is InChI=1S/C20H13Cl2N5O2/c1-27-18-13(25-20(27)26-17-11(21)3-2-4-12(17)22)6-5-10-7-14(15-8-23-9-29-15)24-19(28)16(10)18/h2-9H,1H3,(H,24,28)(H,25,26). The van der Waals surface area contributed by atoms with Crippen molar-refractivity contribution in [1.82, 2.24) is 19.5 Å². The van der Waals surface area contributed by atoms with Gasteiger partial charge < -0.3 is 19.3 Å². The number of hydrogen-bond acceptors (Lipinski definition) is 5. The van der Waals surface area contributed by atoms with Crippen LogP contribution in [0.5, 0.6) is 0 Å². The number of halogens is 2. The number of benzene rings is 2. The molecule has 0 bridgehead atoms. The highest BCUT2D eigenvalue weighted by Gasteiger charge is 2.17. The maximum absolute atomic E-state index is 12.9. The lowest BCUT2D eigenvalue weighted by atomic mass is 10.1. The Labute approximate surface area is 173 Å². The molecule has 2 aromatic carbocycles. The van der Waals surface area contributed by atoms with Crippen LogP contribution in [0, 0.1) is 0 Å². The molecular weight excluding hydrogens is 413 g/mol. The third-order valence-electron chi connectivity index (χ3n) is 4.74. The van der Waals surface area contributed by atoms with Crippen molar-refractivity contribution in [2.24, 2.45) is 7.05 Å². The first-order valence-electron chi connectivity index (χ1n) is 8.65. The molecule has 7 nitrogen and oxygen atoms in total. The van der Waals surface area contributed by atoms with Gasteiger partial charge in [0.25, 0.3) is 5.56 Å². The van der Waals surface area contributed by atoms with Gasteiger partial charge in [0, 0.05) is 7.05 Å². The third kappa shape index (κ3) is 2.86. The molecule has 0 saturated heterocycles. The molecule has 0 aliphatic rings. The van der Waals surface area contributed by atoms with Crippen molar-refractivity contribution in [3.05, 3.63) is 69.4 Å². The van der Waals surface area contributed by atoms with Gasteiger partial charge in [0.1, 0.15) is 0 Å². The number of anilines is 2. The summed E-state index contributed by atoms with van der Waals surface area (Å²) in [5, 5.41) is 5.41. The predicted octanol–water partition coefficient (Wildman–Crippen LogP) is 5.12. The minimum absolute atomic E-state index is 0.246. The van der Waals surface area contributed by atoms with Gasteiger partial charge >= 0.3 is 0 Å². The van der Waals surface area contributed by atoms with Gasteiger partial charge in [-0.3, -0.25) is 4.79 Å². The highest BCUT2D eigenvalue weighted by molar-refractivity contribution is 6.39. The normalized spacial score (nSPS) is 11.4. The minimum atomic E-state index is -0.246. The van der Waals surface area contributed by atoms with Gasteiger partial charge in [-0.25, -0.2) is 9.97 Å². The summed E-state index contributed by atoms with van der Waals surface area (Å²) in [6.45, 7) is 0. The molecule has 5 aromatic rings. The summed E-state index contributed by atoms with van der Waals surface area (Å²) in [7, 11) is 1.83. The second-order valence-corrected chi connectivity index (χ2v) is 7.31. The van der Waals surface area contributed by atoms with Crippen LogP contribution in [0.2, 0.25) is 10.0 Å². The smallest absolute Gasteiger partial charge is 0.258 e. The second-order valence-electron chi connectivity index (χ2n) is 6.49. The molecule has 9 heteroatoms. The molecule has 0 aliphatic carbocycles. The van der Waals surface area contributed by atoms with E-state index in [0.29, 0.717) is 49.6 Å². The summed E-state index contributed by atoms with van der Waals surface area (Å²) in [5.41, 5.74) is 2.23. The molecule has 0 unspecified atom stereocenters. The van der Waals surface area contributed by atoms with Gasteiger partial charge in [-0.2, -0.15) is 0 Å². The zero-order valence-electron chi connectivity index (χ0n) is 15.0. The van der Waals surface area contributed by atoms with Gasteiger partial charge in [0.05, 0.1) is 44.0 Å². The number of fused-ring (bicyclic) bond motifs is 3. The van der Waals surface area contributed by atoms with Crippen LogP contribution in [0.15, 0.2) is 58.2 Å². The lowest BCUT2D eigenvalue weighted by molar-refractivity contribution is 0.570. The number of pyridine rings is 1. The van der Waals surface area contributed by atoms with E-state index in [0.717, 1.165) is 5.39 Å². The predicted molar refractivity (Wildman–Crippen MR) is 114 cm³/mol. The summed E-state index contributed by atoms with van der Waals surface area (Å²) >= 11 is 12.5. The Morgan fingerprint density at radius 1 is 1.17 bits per heavy atom. The van der Waals surface area contributed by atoms with Gasteiger partial charge in [-0.1, -0.05) is 35.3 Å².